The fraction of sp³-hybridized carbons (Fsp3) is 0.125. The first kappa shape index (κ1) is 15.2. The number of imide groups is 2. The molecule has 1 aliphatic heterocycles. The molecule has 1 aliphatic rings. The quantitative estimate of drug-likeness (QED) is 0.612. The van der Waals surface area contributed by atoms with Crippen molar-refractivity contribution in [2.75, 3.05) is 14.1 Å². The lowest BCUT2D eigenvalue weighted by Gasteiger charge is -2.28. The summed E-state index contributed by atoms with van der Waals surface area (Å²) in [5, 5.41) is 8.83. The molecule has 110 valence electrons. The Morgan fingerprint density at radius 2 is 1.73 bits per heavy atom. The molecular formula is C16H13N3O3. The van der Waals surface area contributed by atoms with Crippen LogP contribution in [0, 0.1) is 11.3 Å². The van der Waals surface area contributed by atoms with Crippen LogP contribution in [0.2, 0.25) is 0 Å². The number of rotatable bonds is 2. The lowest BCUT2D eigenvalue weighted by Crippen LogP contribution is -2.52. The zero-order valence-corrected chi connectivity index (χ0v) is 12.1. The third-order valence-corrected chi connectivity index (χ3v) is 3.21. The normalized spacial score (nSPS) is 15.5. The molecule has 0 saturated carbocycles. The van der Waals surface area contributed by atoms with Crippen molar-refractivity contribution in [3.63, 3.8) is 0 Å². The minimum atomic E-state index is -0.655. The first-order chi connectivity index (χ1) is 10.5. The van der Waals surface area contributed by atoms with Crippen molar-refractivity contribution < 1.29 is 14.4 Å². The molecule has 6 heteroatoms. The van der Waals surface area contributed by atoms with Crippen LogP contribution in [0.3, 0.4) is 0 Å². The number of hydrogen-bond acceptors (Lipinski definition) is 4. The highest BCUT2D eigenvalue weighted by molar-refractivity contribution is 6.28. The molecule has 0 unspecified atom stereocenters. The second-order valence-corrected chi connectivity index (χ2v) is 4.69. The fourth-order valence-corrected chi connectivity index (χ4v) is 1.96. The first-order valence-corrected chi connectivity index (χ1v) is 6.44. The molecule has 0 aliphatic carbocycles. The van der Waals surface area contributed by atoms with Crippen LogP contribution in [0.5, 0.6) is 0 Å². The third-order valence-electron chi connectivity index (χ3n) is 3.21. The minimum absolute atomic E-state index is 0.0858. The zero-order valence-electron chi connectivity index (χ0n) is 12.1. The van der Waals surface area contributed by atoms with E-state index in [9.17, 15) is 14.4 Å². The van der Waals surface area contributed by atoms with Gasteiger partial charge in [0.1, 0.15) is 5.57 Å². The van der Waals surface area contributed by atoms with Gasteiger partial charge in [-0.15, -0.1) is 0 Å². The van der Waals surface area contributed by atoms with Crippen LogP contribution in [0.1, 0.15) is 11.1 Å². The minimum Gasteiger partial charge on any atom is -0.268 e. The maximum Gasteiger partial charge on any atom is 0.333 e. The molecule has 1 heterocycles. The van der Waals surface area contributed by atoms with Gasteiger partial charge >= 0.3 is 6.03 Å². The second-order valence-electron chi connectivity index (χ2n) is 4.69. The molecule has 0 bridgehead atoms. The number of nitriles is 1. The standard InChI is InChI=1S/C16H13N3O3/c1-18-14(20)13(15(21)19(2)16(18)22)8-4-6-11-5-3-7-12(9-11)10-17/h3-9H,1-2H3. The van der Waals surface area contributed by atoms with Crippen molar-refractivity contribution >= 4 is 23.9 Å². The lowest BCUT2D eigenvalue weighted by atomic mass is 10.1. The van der Waals surface area contributed by atoms with Gasteiger partial charge in [0.2, 0.25) is 0 Å². The van der Waals surface area contributed by atoms with Crippen molar-refractivity contribution in [2.24, 2.45) is 0 Å². The molecule has 4 amide bonds. The lowest BCUT2D eigenvalue weighted by molar-refractivity contribution is -0.134. The smallest absolute Gasteiger partial charge is 0.268 e. The molecule has 1 aromatic rings. The fourth-order valence-electron chi connectivity index (χ4n) is 1.96. The zero-order chi connectivity index (χ0) is 16.3. The maximum atomic E-state index is 11.9. The summed E-state index contributed by atoms with van der Waals surface area (Å²) in [6.45, 7) is 0. The van der Waals surface area contributed by atoms with Gasteiger partial charge in [-0.25, -0.2) is 4.79 Å². The molecule has 0 atom stereocenters. The number of hydrogen-bond donors (Lipinski definition) is 0. The first-order valence-electron chi connectivity index (χ1n) is 6.44. The molecule has 22 heavy (non-hydrogen) atoms. The summed E-state index contributed by atoms with van der Waals surface area (Å²) in [7, 11) is 2.64. The average molecular weight is 295 g/mol. The summed E-state index contributed by atoms with van der Waals surface area (Å²) in [6.07, 6.45) is 4.58. The number of urea groups is 1. The molecule has 1 saturated heterocycles. The van der Waals surface area contributed by atoms with Gasteiger partial charge in [0, 0.05) is 14.1 Å². The Kier molecular flexibility index (Phi) is 4.18. The molecule has 1 fully saturated rings. The van der Waals surface area contributed by atoms with Crippen LogP contribution in [0.25, 0.3) is 6.08 Å². The van der Waals surface area contributed by atoms with Gasteiger partial charge in [0.15, 0.2) is 0 Å². The number of carbonyl (C=O) groups excluding carboxylic acids is 3. The molecule has 1 aromatic carbocycles. The van der Waals surface area contributed by atoms with Gasteiger partial charge in [-0.1, -0.05) is 24.3 Å². The van der Waals surface area contributed by atoms with E-state index in [4.69, 9.17) is 5.26 Å². The van der Waals surface area contributed by atoms with E-state index in [1.54, 1.807) is 36.4 Å². The van der Waals surface area contributed by atoms with E-state index in [1.807, 2.05) is 6.07 Å². The van der Waals surface area contributed by atoms with Crippen LogP contribution in [-0.2, 0) is 9.59 Å². The number of allylic oxidation sites excluding steroid dienone is 2. The van der Waals surface area contributed by atoms with E-state index < -0.39 is 17.8 Å². The Labute approximate surface area is 127 Å². The van der Waals surface area contributed by atoms with Crippen LogP contribution >= 0.6 is 0 Å². The number of carbonyl (C=O) groups is 3. The Balaban J connectivity index is 2.26. The summed E-state index contributed by atoms with van der Waals surface area (Å²) in [4.78, 5) is 37.3. The van der Waals surface area contributed by atoms with Gasteiger partial charge < -0.3 is 0 Å². The van der Waals surface area contributed by atoms with Crippen molar-refractivity contribution in [3.05, 3.63) is 53.1 Å². The molecule has 0 N–H and O–H groups in total. The van der Waals surface area contributed by atoms with Gasteiger partial charge in [0.05, 0.1) is 11.6 Å². The summed E-state index contributed by atoms with van der Waals surface area (Å²) in [6, 6.07) is 8.27. The molecule has 0 spiro atoms. The number of amides is 4. The van der Waals surface area contributed by atoms with E-state index >= 15 is 0 Å². The predicted molar refractivity (Wildman–Crippen MR) is 79.2 cm³/mol. The summed E-state index contributed by atoms with van der Waals surface area (Å²) < 4.78 is 0. The molecule has 2 rings (SSSR count). The highest BCUT2D eigenvalue weighted by Gasteiger charge is 2.37. The van der Waals surface area contributed by atoms with Crippen molar-refractivity contribution in [2.45, 2.75) is 0 Å². The van der Waals surface area contributed by atoms with Crippen LogP contribution in [0.15, 0.2) is 42.0 Å². The van der Waals surface area contributed by atoms with E-state index in [1.165, 1.54) is 20.2 Å². The number of likely N-dealkylation sites (N-methyl/N-ethyl adjacent to an activating group) is 2. The highest BCUT2D eigenvalue weighted by atomic mass is 16.2. The summed E-state index contributed by atoms with van der Waals surface area (Å²) in [5.41, 5.74) is 1.20. The summed E-state index contributed by atoms with van der Waals surface area (Å²) >= 11 is 0. The average Bonchev–Trinajstić information content (AvgIpc) is 2.54. The van der Waals surface area contributed by atoms with E-state index in [0.29, 0.717) is 5.56 Å². The van der Waals surface area contributed by atoms with Crippen molar-refractivity contribution in [1.82, 2.24) is 9.80 Å². The molecule has 0 radical (unpaired) electrons. The van der Waals surface area contributed by atoms with Crippen LogP contribution in [-0.4, -0.2) is 41.7 Å². The molecule has 0 aromatic heterocycles. The van der Waals surface area contributed by atoms with E-state index in [-0.39, 0.29) is 5.57 Å². The Morgan fingerprint density at radius 1 is 1.09 bits per heavy atom. The predicted octanol–water partition coefficient (Wildman–Crippen LogP) is 1.55. The van der Waals surface area contributed by atoms with Crippen molar-refractivity contribution in [3.8, 4) is 6.07 Å². The monoisotopic (exact) mass is 295 g/mol. The Hall–Kier alpha value is -3.20. The molecular weight excluding hydrogens is 282 g/mol. The van der Waals surface area contributed by atoms with E-state index in [0.717, 1.165) is 15.4 Å². The number of barbiturate groups is 1. The van der Waals surface area contributed by atoms with Crippen LogP contribution in [0.4, 0.5) is 4.79 Å². The van der Waals surface area contributed by atoms with Crippen LogP contribution < -0.4 is 0 Å². The van der Waals surface area contributed by atoms with E-state index in [2.05, 4.69) is 0 Å². The molecule has 6 nitrogen and oxygen atoms in total. The third kappa shape index (κ3) is 2.79. The Morgan fingerprint density at radius 3 is 2.32 bits per heavy atom. The highest BCUT2D eigenvalue weighted by Crippen LogP contribution is 2.15. The van der Waals surface area contributed by atoms with Gasteiger partial charge in [-0.05, 0) is 23.8 Å². The second kappa shape index (κ2) is 6.06. The Bertz CT molecular complexity index is 730. The van der Waals surface area contributed by atoms with Crippen molar-refractivity contribution in [1.29, 1.82) is 5.26 Å². The maximum absolute atomic E-state index is 11.9. The van der Waals surface area contributed by atoms with Gasteiger partial charge in [-0.3, -0.25) is 19.4 Å². The largest absolute Gasteiger partial charge is 0.333 e. The topological polar surface area (TPSA) is 81.5 Å². The number of nitrogens with zero attached hydrogens (tertiary/aromatic N) is 3. The number of benzene rings is 1. The van der Waals surface area contributed by atoms with Gasteiger partial charge in [0.25, 0.3) is 11.8 Å². The van der Waals surface area contributed by atoms with Gasteiger partial charge in [-0.2, -0.15) is 5.26 Å². The summed E-state index contributed by atoms with van der Waals surface area (Å²) in [5.74, 6) is -1.27. The SMILES string of the molecule is CN1C(=O)C(=CC=Cc2cccc(C#N)c2)C(=O)N(C)C1=O.